The quantitative estimate of drug-likeness (QED) is 0.489. The summed E-state index contributed by atoms with van der Waals surface area (Å²) in [5.41, 5.74) is 8.21. The van der Waals surface area contributed by atoms with Crippen LogP contribution in [0.25, 0.3) is 0 Å². The van der Waals surface area contributed by atoms with E-state index in [-0.39, 0.29) is 5.91 Å². The Morgan fingerprint density at radius 1 is 1.18 bits per heavy atom. The molecule has 2 N–H and O–H groups in total. The molecule has 6 heteroatoms. The first-order chi connectivity index (χ1) is 10.6. The molecule has 0 saturated heterocycles. The molecule has 0 fully saturated rings. The van der Waals surface area contributed by atoms with Gasteiger partial charge in [-0.05, 0) is 68.3 Å². The fourth-order valence-electron chi connectivity index (χ4n) is 1.98. The van der Waals surface area contributed by atoms with Gasteiger partial charge in [0.25, 0.3) is 5.91 Å². The molecule has 0 spiro atoms. The predicted molar refractivity (Wildman–Crippen MR) is 101 cm³/mol. The van der Waals surface area contributed by atoms with E-state index in [1.165, 1.54) is 0 Å². The van der Waals surface area contributed by atoms with Crippen LogP contribution in [0.4, 0.5) is 5.69 Å². The third-order valence-corrected chi connectivity index (χ3v) is 5.92. The lowest BCUT2D eigenvalue weighted by Crippen LogP contribution is -2.30. The van der Waals surface area contributed by atoms with Crippen molar-refractivity contribution < 1.29 is 4.79 Å². The van der Waals surface area contributed by atoms with Crippen molar-refractivity contribution in [3.8, 4) is 0 Å². The highest BCUT2D eigenvalue weighted by molar-refractivity contribution is 9.11. The van der Waals surface area contributed by atoms with Gasteiger partial charge in [0.1, 0.15) is 0 Å². The number of hydrazine groups is 1. The number of thioether (sulfide) groups is 1. The van der Waals surface area contributed by atoms with Crippen LogP contribution in [0.1, 0.15) is 22.8 Å². The van der Waals surface area contributed by atoms with Gasteiger partial charge >= 0.3 is 0 Å². The zero-order chi connectivity index (χ0) is 16.1. The minimum Gasteiger partial charge on any atom is -0.298 e. The summed E-state index contributed by atoms with van der Waals surface area (Å²) in [7, 11) is 0. The summed E-state index contributed by atoms with van der Waals surface area (Å²) < 4.78 is 1.63. The number of amides is 1. The van der Waals surface area contributed by atoms with E-state index in [0.29, 0.717) is 5.56 Å². The summed E-state index contributed by atoms with van der Waals surface area (Å²) in [6.07, 6.45) is 2.85. The number of hydrogen-bond donors (Lipinski definition) is 2. The fraction of sp³-hybridized carbons (Fsp3) is 0.188. The fourth-order valence-corrected chi connectivity index (χ4v) is 4.54. The summed E-state index contributed by atoms with van der Waals surface area (Å²) in [5, 5.41) is 0. The van der Waals surface area contributed by atoms with Gasteiger partial charge in [-0.1, -0.05) is 25.1 Å². The molecule has 0 aliphatic carbocycles. The molecule has 0 saturated carbocycles. The molecule has 0 heterocycles. The predicted octanol–water partition coefficient (Wildman–Crippen LogP) is 5.25. The van der Waals surface area contributed by atoms with Crippen LogP contribution in [-0.2, 0) is 6.42 Å². The molecule has 2 aromatic carbocycles. The van der Waals surface area contributed by atoms with Crippen LogP contribution in [-0.4, -0.2) is 12.2 Å². The Kier molecular flexibility index (Phi) is 6.35. The highest BCUT2D eigenvalue weighted by Gasteiger charge is 2.19. The van der Waals surface area contributed by atoms with Crippen LogP contribution in [0.2, 0.25) is 0 Å². The van der Waals surface area contributed by atoms with Gasteiger partial charge in [0, 0.05) is 13.8 Å². The van der Waals surface area contributed by atoms with Gasteiger partial charge in [0.15, 0.2) is 0 Å². The Morgan fingerprint density at radius 2 is 1.86 bits per heavy atom. The number of carbonyl (C=O) groups excluding carboxylic acids is 1. The maximum atomic E-state index is 12.6. The van der Waals surface area contributed by atoms with E-state index >= 15 is 0 Å². The maximum Gasteiger partial charge on any atom is 0.271 e. The molecule has 0 aliphatic heterocycles. The van der Waals surface area contributed by atoms with E-state index in [0.717, 1.165) is 31.5 Å². The molecule has 3 nitrogen and oxygen atoms in total. The number of rotatable bonds is 5. The molecular formula is C16H16Br2N2OS. The van der Waals surface area contributed by atoms with Gasteiger partial charge in [-0.3, -0.25) is 15.6 Å². The minimum absolute atomic E-state index is 0.187. The molecule has 0 atom stereocenters. The molecule has 22 heavy (non-hydrogen) atoms. The summed E-state index contributed by atoms with van der Waals surface area (Å²) in [6, 6.07) is 11.6. The van der Waals surface area contributed by atoms with E-state index in [9.17, 15) is 4.79 Å². The van der Waals surface area contributed by atoms with Gasteiger partial charge in [-0.25, -0.2) is 0 Å². The molecule has 0 aromatic heterocycles. The third-order valence-electron chi connectivity index (χ3n) is 3.16. The van der Waals surface area contributed by atoms with E-state index < -0.39 is 0 Å². The topological polar surface area (TPSA) is 41.1 Å². The summed E-state index contributed by atoms with van der Waals surface area (Å²) >= 11 is 8.71. The molecule has 2 aromatic rings. The summed E-state index contributed by atoms with van der Waals surface area (Å²) in [5.74, 6) is -0.187. The maximum absolute atomic E-state index is 12.6. The van der Waals surface area contributed by atoms with Crippen LogP contribution < -0.4 is 10.9 Å². The van der Waals surface area contributed by atoms with Crippen molar-refractivity contribution in [1.82, 2.24) is 5.43 Å². The molecule has 0 unspecified atom stereocenters. The number of halogens is 2. The second-order valence-electron chi connectivity index (χ2n) is 4.54. The normalized spacial score (nSPS) is 10.4. The average molecular weight is 444 g/mol. The highest BCUT2D eigenvalue weighted by atomic mass is 79.9. The number of anilines is 1. The number of aryl methyl sites for hydroxylation is 1. The summed E-state index contributed by atoms with van der Waals surface area (Å²) in [6.45, 7) is 2.07. The van der Waals surface area contributed by atoms with Crippen molar-refractivity contribution in [2.45, 2.75) is 18.2 Å². The van der Waals surface area contributed by atoms with E-state index in [1.807, 2.05) is 36.6 Å². The zero-order valence-corrected chi connectivity index (χ0v) is 16.2. The smallest absolute Gasteiger partial charge is 0.271 e. The van der Waals surface area contributed by atoms with Crippen molar-refractivity contribution >= 4 is 55.2 Å². The lowest BCUT2D eigenvalue weighted by Gasteiger charge is -2.15. The Bertz CT molecular complexity index is 649. The van der Waals surface area contributed by atoms with Crippen molar-refractivity contribution in [2.24, 2.45) is 0 Å². The minimum atomic E-state index is -0.187. The molecule has 1 amide bonds. The molecular weight excluding hydrogens is 428 g/mol. The van der Waals surface area contributed by atoms with Crippen LogP contribution in [0, 0.1) is 0 Å². The largest absolute Gasteiger partial charge is 0.298 e. The van der Waals surface area contributed by atoms with Gasteiger partial charge in [0.05, 0.1) is 11.3 Å². The third kappa shape index (κ3) is 3.86. The SMILES string of the molecule is CCc1cc(SC)c(Br)c(C(=O)NNc2ccccc2)c1Br. The first kappa shape index (κ1) is 17.4. The Morgan fingerprint density at radius 3 is 2.45 bits per heavy atom. The molecule has 2 rings (SSSR count). The second-order valence-corrected chi connectivity index (χ2v) is 6.97. The lowest BCUT2D eigenvalue weighted by molar-refractivity contribution is 0.0960. The first-order valence-corrected chi connectivity index (χ1v) is 9.55. The number of carbonyl (C=O) groups is 1. The van der Waals surface area contributed by atoms with Crippen LogP contribution in [0.5, 0.6) is 0 Å². The van der Waals surface area contributed by atoms with Crippen molar-refractivity contribution in [1.29, 1.82) is 0 Å². The van der Waals surface area contributed by atoms with E-state index in [4.69, 9.17) is 0 Å². The number of nitrogens with one attached hydrogen (secondary N) is 2. The zero-order valence-electron chi connectivity index (χ0n) is 12.2. The standard InChI is InChI=1S/C16H16Br2N2OS/c1-3-10-9-12(22-2)15(18)13(14(10)17)16(21)20-19-11-7-5-4-6-8-11/h4-9,19H,3H2,1-2H3,(H,20,21). The van der Waals surface area contributed by atoms with Crippen molar-refractivity contribution in [3.63, 3.8) is 0 Å². The highest BCUT2D eigenvalue weighted by Crippen LogP contribution is 2.36. The molecule has 116 valence electrons. The monoisotopic (exact) mass is 442 g/mol. The average Bonchev–Trinajstić information content (AvgIpc) is 2.54. The number of para-hydroxylation sites is 1. The number of hydrogen-bond acceptors (Lipinski definition) is 3. The van der Waals surface area contributed by atoms with Gasteiger partial charge < -0.3 is 0 Å². The molecule has 0 radical (unpaired) electrons. The molecule has 0 aliphatic rings. The van der Waals surface area contributed by atoms with Crippen LogP contribution in [0.3, 0.4) is 0 Å². The summed E-state index contributed by atoms with van der Waals surface area (Å²) in [4.78, 5) is 13.6. The Labute approximate surface area is 151 Å². The van der Waals surface area contributed by atoms with Gasteiger partial charge in [0.2, 0.25) is 0 Å². The second kappa shape index (κ2) is 8.04. The Balaban J connectivity index is 2.28. The van der Waals surface area contributed by atoms with Gasteiger partial charge in [-0.2, -0.15) is 0 Å². The lowest BCUT2D eigenvalue weighted by atomic mass is 10.1. The first-order valence-electron chi connectivity index (χ1n) is 6.74. The number of benzene rings is 2. The van der Waals surface area contributed by atoms with Gasteiger partial charge in [-0.15, -0.1) is 11.8 Å². The van der Waals surface area contributed by atoms with Crippen LogP contribution in [0.15, 0.2) is 50.2 Å². The van der Waals surface area contributed by atoms with Crippen molar-refractivity contribution in [3.05, 3.63) is 56.5 Å². The molecule has 0 bridgehead atoms. The van der Waals surface area contributed by atoms with Crippen LogP contribution >= 0.6 is 43.6 Å². The van der Waals surface area contributed by atoms with Crippen molar-refractivity contribution in [2.75, 3.05) is 11.7 Å². The van der Waals surface area contributed by atoms with E-state index in [2.05, 4.69) is 55.7 Å². The van der Waals surface area contributed by atoms with E-state index in [1.54, 1.807) is 11.8 Å². The Hall–Kier alpha value is -0.980.